The number of rotatable bonds is 5. The molecular formula is C24H23N5O2S. The first-order chi connectivity index (χ1) is 15.5. The molecule has 0 atom stereocenters. The van der Waals surface area contributed by atoms with Crippen molar-refractivity contribution in [2.24, 2.45) is 0 Å². The largest absolute Gasteiger partial charge is 0.320 e. The molecule has 1 aliphatic rings. The first-order valence-electron chi connectivity index (χ1n) is 10.7. The summed E-state index contributed by atoms with van der Waals surface area (Å²) < 4.78 is 1.83. The summed E-state index contributed by atoms with van der Waals surface area (Å²) in [6, 6.07) is 13.3. The zero-order chi connectivity index (χ0) is 22.2. The van der Waals surface area contributed by atoms with Gasteiger partial charge in [-0.25, -0.2) is 9.67 Å². The van der Waals surface area contributed by atoms with Gasteiger partial charge in [0.1, 0.15) is 0 Å². The third-order valence-electron chi connectivity index (χ3n) is 5.59. The molecule has 2 amide bonds. The van der Waals surface area contributed by atoms with E-state index in [4.69, 9.17) is 4.98 Å². The molecule has 0 spiro atoms. The van der Waals surface area contributed by atoms with Gasteiger partial charge in [0.05, 0.1) is 39.1 Å². The van der Waals surface area contributed by atoms with E-state index in [2.05, 4.69) is 10.4 Å². The molecule has 0 bridgehead atoms. The second kappa shape index (κ2) is 8.20. The van der Waals surface area contributed by atoms with Crippen LogP contribution >= 0.6 is 11.3 Å². The maximum Gasteiger partial charge on any atom is 0.256 e. The van der Waals surface area contributed by atoms with Crippen LogP contribution in [-0.2, 0) is 4.79 Å². The summed E-state index contributed by atoms with van der Waals surface area (Å²) in [5, 5.41) is 10.2. The van der Waals surface area contributed by atoms with Gasteiger partial charge >= 0.3 is 0 Å². The summed E-state index contributed by atoms with van der Waals surface area (Å²) in [6.07, 6.45) is 3.06. The summed E-state index contributed by atoms with van der Waals surface area (Å²) in [4.78, 5) is 33.3. The number of fused-ring (bicyclic) bond motifs is 1. The van der Waals surface area contributed by atoms with Crippen LogP contribution in [0.1, 0.15) is 43.1 Å². The number of nitrogens with one attached hydrogen (secondary N) is 1. The Morgan fingerprint density at radius 1 is 1.19 bits per heavy atom. The quantitative estimate of drug-likeness (QED) is 0.462. The fraction of sp³-hybridized carbons (Fsp3) is 0.250. The molecule has 162 valence electrons. The van der Waals surface area contributed by atoms with E-state index in [0.29, 0.717) is 35.2 Å². The van der Waals surface area contributed by atoms with Gasteiger partial charge in [0.2, 0.25) is 5.91 Å². The molecule has 4 heterocycles. The standard InChI is InChI=1S/C24H23N5O2S/c1-15(2)29-23-17(14-25-29)16(13-19(26-23)21-9-6-12-32-21)24(31)27-18-7-3-4-8-20(18)28-11-5-10-22(28)30/h3-4,6-9,12-15H,5,10-11H2,1-2H3,(H,27,31). The minimum Gasteiger partial charge on any atom is -0.320 e. The first kappa shape index (κ1) is 20.4. The number of anilines is 2. The van der Waals surface area contributed by atoms with Crippen LogP contribution in [0, 0.1) is 0 Å². The predicted molar refractivity (Wildman–Crippen MR) is 127 cm³/mol. The Bertz CT molecular complexity index is 1310. The van der Waals surface area contributed by atoms with Gasteiger partial charge < -0.3 is 10.2 Å². The Balaban J connectivity index is 1.58. The number of pyridine rings is 1. The molecule has 3 aromatic heterocycles. The minimum atomic E-state index is -0.252. The van der Waals surface area contributed by atoms with E-state index in [0.717, 1.165) is 22.7 Å². The van der Waals surface area contributed by atoms with Crippen molar-refractivity contribution in [2.45, 2.75) is 32.7 Å². The van der Waals surface area contributed by atoms with Crippen molar-refractivity contribution in [1.82, 2.24) is 14.8 Å². The van der Waals surface area contributed by atoms with Crippen molar-refractivity contribution in [3.05, 3.63) is 59.6 Å². The van der Waals surface area contributed by atoms with Crippen LogP contribution in [0.5, 0.6) is 0 Å². The molecule has 0 aliphatic carbocycles. The molecule has 1 aromatic carbocycles. The summed E-state index contributed by atoms with van der Waals surface area (Å²) in [6.45, 7) is 4.73. The highest BCUT2D eigenvalue weighted by molar-refractivity contribution is 7.13. The number of nitrogens with zero attached hydrogens (tertiary/aromatic N) is 4. The lowest BCUT2D eigenvalue weighted by molar-refractivity contribution is -0.117. The lowest BCUT2D eigenvalue weighted by atomic mass is 10.1. The normalized spacial score (nSPS) is 14.0. The molecule has 0 unspecified atom stereocenters. The van der Waals surface area contributed by atoms with E-state index in [1.54, 1.807) is 22.4 Å². The van der Waals surface area contributed by atoms with E-state index >= 15 is 0 Å². The third kappa shape index (κ3) is 3.56. The molecule has 7 nitrogen and oxygen atoms in total. The average Bonchev–Trinajstić information content (AvgIpc) is 3.54. The van der Waals surface area contributed by atoms with Gasteiger partial charge in [-0.15, -0.1) is 11.3 Å². The lowest BCUT2D eigenvalue weighted by Crippen LogP contribution is -2.25. The van der Waals surface area contributed by atoms with Crippen molar-refractivity contribution in [3.63, 3.8) is 0 Å². The van der Waals surface area contributed by atoms with Crippen LogP contribution in [0.3, 0.4) is 0 Å². The van der Waals surface area contributed by atoms with Gasteiger partial charge in [-0.2, -0.15) is 5.10 Å². The average molecular weight is 446 g/mol. The van der Waals surface area contributed by atoms with Crippen molar-refractivity contribution in [2.75, 3.05) is 16.8 Å². The highest BCUT2D eigenvalue weighted by Gasteiger charge is 2.25. The molecule has 0 saturated carbocycles. The fourth-order valence-electron chi connectivity index (χ4n) is 4.04. The topological polar surface area (TPSA) is 80.1 Å². The number of hydrogen-bond donors (Lipinski definition) is 1. The Hall–Kier alpha value is -3.52. The SMILES string of the molecule is CC(C)n1ncc2c(C(=O)Nc3ccccc3N3CCCC3=O)cc(-c3cccs3)nc21. The predicted octanol–water partition coefficient (Wildman–Crippen LogP) is 5.12. The second-order valence-electron chi connectivity index (χ2n) is 8.07. The van der Waals surface area contributed by atoms with Gasteiger partial charge in [-0.3, -0.25) is 9.59 Å². The molecule has 1 saturated heterocycles. The molecule has 1 aliphatic heterocycles. The maximum absolute atomic E-state index is 13.5. The van der Waals surface area contributed by atoms with E-state index in [9.17, 15) is 9.59 Å². The van der Waals surface area contributed by atoms with E-state index < -0.39 is 0 Å². The Morgan fingerprint density at radius 3 is 2.75 bits per heavy atom. The first-order valence-corrected chi connectivity index (χ1v) is 11.5. The van der Waals surface area contributed by atoms with Gasteiger partial charge in [0.15, 0.2) is 5.65 Å². The van der Waals surface area contributed by atoms with Crippen molar-refractivity contribution in [3.8, 4) is 10.6 Å². The number of thiophene rings is 1. The van der Waals surface area contributed by atoms with Crippen LogP contribution in [0.2, 0.25) is 0 Å². The molecule has 5 rings (SSSR count). The lowest BCUT2D eigenvalue weighted by Gasteiger charge is -2.20. The van der Waals surface area contributed by atoms with Gasteiger partial charge in [-0.1, -0.05) is 18.2 Å². The number of aromatic nitrogens is 3. The number of carbonyl (C=O) groups is 2. The number of para-hydroxylation sites is 2. The summed E-state index contributed by atoms with van der Waals surface area (Å²) in [7, 11) is 0. The number of benzene rings is 1. The monoisotopic (exact) mass is 445 g/mol. The Morgan fingerprint density at radius 2 is 2.03 bits per heavy atom. The maximum atomic E-state index is 13.5. The molecule has 0 radical (unpaired) electrons. The fourth-order valence-corrected chi connectivity index (χ4v) is 4.73. The molecule has 8 heteroatoms. The Kier molecular flexibility index (Phi) is 5.22. The molecule has 1 N–H and O–H groups in total. The van der Waals surface area contributed by atoms with Crippen LogP contribution < -0.4 is 10.2 Å². The van der Waals surface area contributed by atoms with Crippen molar-refractivity contribution in [1.29, 1.82) is 0 Å². The molecular weight excluding hydrogens is 422 g/mol. The summed E-state index contributed by atoms with van der Waals surface area (Å²) in [5.74, 6) is -0.172. The number of amides is 2. The van der Waals surface area contributed by atoms with Gasteiger partial charge in [0.25, 0.3) is 5.91 Å². The highest BCUT2D eigenvalue weighted by Crippen LogP contribution is 2.32. The smallest absolute Gasteiger partial charge is 0.256 e. The van der Waals surface area contributed by atoms with Gasteiger partial charge in [0, 0.05) is 19.0 Å². The van der Waals surface area contributed by atoms with E-state index in [1.165, 1.54) is 0 Å². The Labute approximate surface area is 189 Å². The van der Waals surface area contributed by atoms with Crippen LogP contribution in [0.4, 0.5) is 11.4 Å². The zero-order valence-electron chi connectivity index (χ0n) is 17.9. The molecule has 1 fully saturated rings. The van der Waals surface area contributed by atoms with E-state index in [-0.39, 0.29) is 17.9 Å². The van der Waals surface area contributed by atoms with Crippen LogP contribution in [0.15, 0.2) is 54.0 Å². The summed E-state index contributed by atoms with van der Waals surface area (Å²) in [5.41, 5.74) is 3.27. The number of carbonyl (C=O) groups excluding carboxylic acids is 2. The minimum absolute atomic E-state index is 0.0798. The third-order valence-corrected chi connectivity index (χ3v) is 6.48. The molecule has 32 heavy (non-hydrogen) atoms. The van der Waals surface area contributed by atoms with Crippen LogP contribution in [-0.4, -0.2) is 33.1 Å². The van der Waals surface area contributed by atoms with E-state index in [1.807, 2.05) is 66.4 Å². The summed E-state index contributed by atoms with van der Waals surface area (Å²) >= 11 is 1.58. The van der Waals surface area contributed by atoms with Crippen molar-refractivity contribution >= 4 is 45.6 Å². The zero-order valence-corrected chi connectivity index (χ0v) is 18.7. The second-order valence-corrected chi connectivity index (χ2v) is 9.02. The molecule has 4 aromatic rings. The highest BCUT2D eigenvalue weighted by atomic mass is 32.1. The van der Waals surface area contributed by atoms with Crippen molar-refractivity contribution < 1.29 is 9.59 Å². The number of hydrogen-bond acceptors (Lipinski definition) is 5. The van der Waals surface area contributed by atoms with Gasteiger partial charge in [-0.05, 0) is 49.9 Å². The van der Waals surface area contributed by atoms with Crippen LogP contribution in [0.25, 0.3) is 21.6 Å².